The molecular formula is C24H25N3O2S. The van der Waals surface area contributed by atoms with Crippen molar-refractivity contribution >= 4 is 23.2 Å². The second-order valence-electron chi connectivity index (χ2n) is 7.58. The molecule has 1 saturated heterocycles. The van der Waals surface area contributed by atoms with E-state index in [0.717, 1.165) is 28.8 Å². The van der Waals surface area contributed by atoms with Crippen LogP contribution in [0.1, 0.15) is 34.9 Å². The number of aromatic nitrogens is 1. The molecule has 1 aliphatic rings. The number of nitrogens with one attached hydrogen (secondary N) is 1. The summed E-state index contributed by atoms with van der Waals surface area (Å²) >= 11 is 1.59. The van der Waals surface area contributed by atoms with E-state index in [4.69, 9.17) is 0 Å². The second kappa shape index (κ2) is 9.67. The Bertz CT molecular complexity index is 961. The van der Waals surface area contributed by atoms with Gasteiger partial charge >= 0.3 is 0 Å². The maximum atomic E-state index is 13.2. The number of amides is 2. The summed E-state index contributed by atoms with van der Waals surface area (Å²) in [5.41, 5.74) is 2.10. The van der Waals surface area contributed by atoms with E-state index in [1.807, 2.05) is 52.7 Å². The minimum absolute atomic E-state index is 0.000659. The fourth-order valence-corrected chi connectivity index (χ4v) is 4.68. The number of carbonyl (C=O) groups excluding carboxylic acids is 2. The lowest BCUT2D eigenvalue weighted by atomic mass is 9.88. The Labute approximate surface area is 180 Å². The Morgan fingerprint density at radius 2 is 1.93 bits per heavy atom. The number of pyridine rings is 1. The Morgan fingerprint density at radius 1 is 1.07 bits per heavy atom. The van der Waals surface area contributed by atoms with E-state index in [0.29, 0.717) is 19.5 Å². The van der Waals surface area contributed by atoms with Gasteiger partial charge < -0.3 is 10.2 Å². The van der Waals surface area contributed by atoms with E-state index in [-0.39, 0.29) is 23.8 Å². The number of nitrogens with zero attached hydrogens (tertiary/aromatic N) is 2. The molecule has 154 valence electrons. The number of hydrogen-bond donors (Lipinski definition) is 1. The van der Waals surface area contributed by atoms with E-state index < -0.39 is 0 Å². The van der Waals surface area contributed by atoms with E-state index in [1.165, 1.54) is 0 Å². The molecule has 1 aromatic carbocycles. The highest BCUT2D eigenvalue weighted by atomic mass is 32.1. The zero-order chi connectivity index (χ0) is 20.8. The zero-order valence-electron chi connectivity index (χ0n) is 16.7. The van der Waals surface area contributed by atoms with Crippen molar-refractivity contribution in [2.75, 3.05) is 6.54 Å². The van der Waals surface area contributed by atoms with Crippen molar-refractivity contribution < 1.29 is 9.59 Å². The zero-order valence-corrected chi connectivity index (χ0v) is 17.6. The highest BCUT2D eigenvalue weighted by molar-refractivity contribution is 7.10. The van der Waals surface area contributed by atoms with Gasteiger partial charge in [0, 0.05) is 30.4 Å². The van der Waals surface area contributed by atoms with Crippen molar-refractivity contribution in [2.24, 2.45) is 5.92 Å². The number of carbonyl (C=O) groups is 2. The quantitative estimate of drug-likeness (QED) is 0.657. The molecule has 2 aromatic heterocycles. The smallest absolute Gasteiger partial charge is 0.228 e. The number of piperidine rings is 1. The number of hydrogen-bond acceptors (Lipinski definition) is 4. The number of likely N-dealkylation sites (tertiary alicyclic amines) is 1. The van der Waals surface area contributed by atoms with Crippen molar-refractivity contribution in [3.8, 4) is 0 Å². The topological polar surface area (TPSA) is 62.3 Å². The summed E-state index contributed by atoms with van der Waals surface area (Å²) in [6.45, 7) is 0.900. The van der Waals surface area contributed by atoms with E-state index in [2.05, 4.69) is 22.4 Å². The van der Waals surface area contributed by atoms with Gasteiger partial charge in [-0.15, -0.1) is 11.3 Å². The van der Waals surface area contributed by atoms with Crippen LogP contribution >= 0.6 is 11.3 Å². The van der Waals surface area contributed by atoms with Crippen molar-refractivity contribution in [3.05, 3.63) is 88.4 Å². The summed E-state index contributed by atoms with van der Waals surface area (Å²) in [4.78, 5) is 33.1. The van der Waals surface area contributed by atoms with Crippen molar-refractivity contribution in [3.63, 3.8) is 0 Å². The van der Waals surface area contributed by atoms with Gasteiger partial charge in [0.05, 0.1) is 18.4 Å². The molecule has 1 N–H and O–H groups in total. The summed E-state index contributed by atoms with van der Waals surface area (Å²) in [5.74, 6) is -0.121. The van der Waals surface area contributed by atoms with E-state index in [1.54, 1.807) is 23.7 Å². The highest BCUT2D eigenvalue weighted by Gasteiger charge is 2.35. The molecular weight excluding hydrogens is 394 g/mol. The Kier molecular flexibility index (Phi) is 6.54. The average molecular weight is 420 g/mol. The molecule has 0 spiro atoms. The van der Waals surface area contributed by atoms with Gasteiger partial charge in [0.2, 0.25) is 11.8 Å². The molecule has 0 unspecified atom stereocenters. The first-order valence-electron chi connectivity index (χ1n) is 10.2. The van der Waals surface area contributed by atoms with Gasteiger partial charge in [0.25, 0.3) is 0 Å². The predicted octanol–water partition coefficient (Wildman–Crippen LogP) is 3.98. The standard InChI is InChI=1S/C24H25N3O2S/c28-23(14-21-9-5-13-30-21)27-17-20(10-11-22(27)19-7-2-1-3-8-19)24(29)26-16-18-6-4-12-25-15-18/h1-9,12-13,15,20,22H,10-11,14,16-17H2,(H,26,29)/t20-,22-/m0/s1. The third kappa shape index (κ3) is 4.94. The number of rotatable bonds is 6. The molecule has 0 aliphatic carbocycles. The van der Waals surface area contributed by atoms with Crippen molar-refractivity contribution in [1.29, 1.82) is 0 Å². The van der Waals surface area contributed by atoms with Gasteiger partial charge in [0.15, 0.2) is 0 Å². The predicted molar refractivity (Wildman–Crippen MR) is 118 cm³/mol. The summed E-state index contributed by atoms with van der Waals surface area (Å²) in [7, 11) is 0. The molecule has 4 rings (SSSR count). The third-order valence-corrected chi connectivity index (χ3v) is 6.43. The van der Waals surface area contributed by atoms with E-state index >= 15 is 0 Å². The Morgan fingerprint density at radius 3 is 2.67 bits per heavy atom. The molecule has 0 radical (unpaired) electrons. The number of benzene rings is 1. The van der Waals surface area contributed by atoms with Gasteiger partial charge in [-0.25, -0.2) is 0 Å². The van der Waals surface area contributed by atoms with Gasteiger partial charge in [-0.2, -0.15) is 0 Å². The van der Waals surface area contributed by atoms with Gasteiger partial charge in [-0.05, 0) is 41.5 Å². The summed E-state index contributed by atoms with van der Waals surface area (Å²) in [5, 5.41) is 5.00. The third-order valence-electron chi connectivity index (χ3n) is 5.55. The molecule has 1 fully saturated rings. The van der Waals surface area contributed by atoms with Crippen LogP contribution in [0.4, 0.5) is 0 Å². The van der Waals surface area contributed by atoms with Crippen LogP contribution in [0.15, 0.2) is 72.4 Å². The molecule has 3 aromatic rings. The molecule has 0 saturated carbocycles. The Balaban J connectivity index is 1.46. The first-order chi connectivity index (χ1) is 14.7. The fourth-order valence-electron chi connectivity index (χ4n) is 3.98. The summed E-state index contributed by atoms with van der Waals surface area (Å²) in [6, 6.07) is 17.9. The lowest BCUT2D eigenvalue weighted by Crippen LogP contribution is -2.47. The van der Waals surface area contributed by atoms with Gasteiger partial charge in [-0.1, -0.05) is 42.5 Å². The first-order valence-corrected chi connectivity index (χ1v) is 11.1. The molecule has 5 nitrogen and oxygen atoms in total. The van der Waals surface area contributed by atoms with Crippen LogP contribution in [0.25, 0.3) is 0 Å². The largest absolute Gasteiger partial charge is 0.352 e. The molecule has 0 bridgehead atoms. The molecule has 3 heterocycles. The lowest BCUT2D eigenvalue weighted by molar-refractivity contribution is -0.138. The molecule has 6 heteroatoms. The summed E-state index contributed by atoms with van der Waals surface area (Å²) in [6.07, 6.45) is 5.40. The maximum absolute atomic E-state index is 13.2. The SMILES string of the molecule is O=C(NCc1cccnc1)[C@H]1CC[C@@H](c2ccccc2)N(C(=O)Cc2cccs2)C1. The molecule has 1 aliphatic heterocycles. The molecule has 2 atom stereocenters. The van der Waals surface area contributed by atoms with Crippen molar-refractivity contribution in [2.45, 2.75) is 31.8 Å². The van der Waals surface area contributed by atoms with Crippen molar-refractivity contribution in [1.82, 2.24) is 15.2 Å². The molecule has 2 amide bonds. The fraction of sp³-hybridized carbons (Fsp3) is 0.292. The van der Waals surface area contributed by atoms with Crippen LogP contribution in [0.5, 0.6) is 0 Å². The lowest BCUT2D eigenvalue weighted by Gasteiger charge is -2.39. The Hall–Kier alpha value is -2.99. The van der Waals surface area contributed by atoms with Crippen LogP contribution in [-0.2, 0) is 22.6 Å². The minimum atomic E-state index is -0.200. The minimum Gasteiger partial charge on any atom is -0.352 e. The average Bonchev–Trinajstić information content (AvgIpc) is 3.31. The summed E-state index contributed by atoms with van der Waals surface area (Å²) < 4.78 is 0. The first kappa shape index (κ1) is 20.3. The van der Waals surface area contributed by atoms with Crippen LogP contribution < -0.4 is 5.32 Å². The highest BCUT2D eigenvalue weighted by Crippen LogP contribution is 2.34. The van der Waals surface area contributed by atoms with Gasteiger partial charge in [0.1, 0.15) is 0 Å². The van der Waals surface area contributed by atoms with E-state index in [9.17, 15) is 9.59 Å². The van der Waals surface area contributed by atoms with Crippen LogP contribution in [0, 0.1) is 5.92 Å². The van der Waals surface area contributed by atoms with Crippen LogP contribution in [0.2, 0.25) is 0 Å². The van der Waals surface area contributed by atoms with Crippen LogP contribution in [0.3, 0.4) is 0 Å². The molecule has 30 heavy (non-hydrogen) atoms. The normalized spacial score (nSPS) is 18.7. The maximum Gasteiger partial charge on any atom is 0.228 e. The monoisotopic (exact) mass is 419 g/mol. The second-order valence-corrected chi connectivity index (χ2v) is 8.61. The van der Waals surface area contributed by atoms with Crippen LogP contribution in [-0.4, -0.2) is 28.2 Å². The van der Waals surface area contributed by atoms with Gasteiger partial charge in [-0.3, -0.25) is 14.6 Å². The number of thiophene rings is 1.